The zero-order valence-corrected chi connectivity index (χ0v) is 13.0. The number of carbonyl (C=O) groups excluding carboxylic acids is 2. The van der Waals surface area contributed by atoms with Crippen molar-refractivity contribution >= 4 is 12.2 Å². The minimum absolute atomic E-state index is 0.364. The van der Waals surface area contributed by atoms with E-state index in [0.717, 1.165) is 12.8 Å². The number of hydrogen-bond donors (Lipinski definition) is 2. The van der Waals surface area contributed by atoms with Crippen molar-refractivity contribution in [3.05, 3.63) is 0 Å². The Morgan fingerprint density at radius 3 is 2.05 bits per heavy atom. The molecule has 0 spiro atoms. The first-order valence-electron chi connectivity index (χ1n) is 7.30. The quantitative estimate of drug-likeness (QED) is 0.683. The summed E-state index contributed by atoms with van der Waals surface area (Å²) in [5, 5.41) is 5.43. The van der Waals surface area contributed by atoms with E-state index in [1.807, 2.05) is 0 Å². The monoisotopic (exact) mass is 288 g/mol. The van der Waals surface area contributed by atoms with E-state index in [2.05, 4.69) is 24.5 Å². The lowest BCUT2D eigenvalue weighted by atomic mass is 9.95. The number of nitrogens with one attached hydrogen (secondary N) is 2. The fourth-order valence-electron chi connectivity index (χ4n) is 1.93. The van der Waals surface area contributed by atoms with Crippen LogP contribution in [-0.4, -0.2) is 38.5 Å². The zero-order chi connectivity index (χ0) is 15.4. The highest BCUT2D eigenvalue weighted by molar-refractivity contribution is 5.67. The largest absolute Gasteiger partial charge is 0.450 e. The van der Waals surface area contributed by atoms with E-state index in [-0.39, 0.29) is 12.2 Å². The van der Waals surface area contributed by atoms with Crippen LogP contribution in [0.25, 0.3) is 0 Å². The molecule has 2 atom stereocenters. The summed E-state index contributed by atoms with van der Waals surface area (Å²) in [7, 11) is 0. The first-order valence-corrected chi connectivity index (χ1v) is 7.30. The minimum Gasteiger partial charge on any atom is -0.450 e. The van der Waals surface area contributed by atoms with Gasteiger partial charge < -0.3 is 20.1 Å². The molecule has 0 aromatic heterocycles. The molecule has 0 bridgehead atoms. The van der Waals surface area contributed by atoms with Gasteiger partial charge in [-0.3, -0.25) is 0 Å². The number of alkyl carbamates (subject to hydrolysis) is 2. The summed E-state index contributed by atoms with van der Waals surface area (Å²) in [6, 6.07) is 0. The van der Waals surface area contributed by atoms with Gasteiger partial charge in [0.2, 0.25) is 0 Å². The minimum atomic E-state index is -0.365. The van der Waals surface area contributed by atoms with Gasteiger partial charge in [-0.05, 0) is 38.5 Å². The van der Waals surface area contributed by atoms with E-state index in [9.17, 15) is 9.59 Å². The van der Waals surface area contributed by atoms with Gasteiger partial charge in [0.25, 0.3) is 0 Å². The maximum atomic E-state index is 11.1. The van der Waals surface area contributed by atoms with Crippen LogP contribution < -0.4 is 10.6 Å². The second-order valence-corrected chi connectivity index (χ2v) is 4.98. The van der Waals surface area contributed by atoms with Crippen molar-refractivity contribution in [2.75, 3.05) is 26.3 Å². The second-order valence-electron chi connectivity index (χ2n) is 4.98. The van der Waals surface area contributed by atoms with Gasteiger partial charge in [0.1, 0.15) is 0 Å². The van der Waals surface area contributed by atoms with Crippen LogP contribution in [0.4, 0.5) is 9.59 Å². The highest BCUT2D eigenvalue weighted by Gasteiger charge is 2.11. The van der Waals surface area contributed by atoms with Crippen LogP contribution in [0.2, 0.25) is 0 Å². The topological polar surface area (TPSA) is 76.7 Å². The van der Waals surface area contributed by atoms with Gasteiger partial charge in [0.05, 0.1) is 13.2 Å². The van der Waals surface area contributed by atoms with Crippen LogP contribution in [0.1, 0.15) is 40.5 Å². The maximum Gasteiger partial charge on any atom is 0.407 e. The van der Waals surface area contributed by atoms with E-state index in [1.165, 1.54) is 0 Å². The van der Waals surface area contributed by atoms with Crippen LogP contribution in [0.5, 0.6) is 0 Å². The smallest absolute Gasteiger partial charge is 0.407 e. The number of hydrogen-bond acceptors (Lipinski definition) is 4. The summed E-state index contributed by atoms with van der Waals surface area (Å²) in [4.78, 5) is 22.2. The molecule has 2 N–H and O–H groups in total. The van der Waals surface area contributed by atoms with E-state index >= 15 is 0 Å². The van der Waals surface area contributed by atoms with E-state index in [1.54, 1.807) is 13.8 Å². The van der Waals surface area contributed by atoms with Crippen molar-refractivity contribution in [3.8, 4) is 0 Å². The van der Waals surface area contributed by atoms with Crippen LogP contribution in [0.15, 0.2) is 0 Å². The highest BCUT2D eigenvalue weighted by Crippen LogP contribution is 2.14. The molecule has 118 valence electrons. The first-order chi connectivity index (χ1) is 9.49. The fourth-order valence-corrected chi connectivity index (χ4v) is 1.93. The molecule has 6 nitrogen and oxygen atoms in total. The third-order valence-corrected chi connectivity index (χ3v) is 2.86. The molecular weight excluding hydrogens is 260 g/mol. The van der Waals surface area contributed by atoms with Gasteiger partial charge >= 0.3 is 12.2 Å². The Morgan fingerprint density at radius 2 is 1.50 bits per heavy atom. The average molecular weight is 288 g/mol. The SMILES string of the molecule is CCOC(=O)NCCC(C)CC(C)CNC(=O)OCC. The molecule has 0 aliphatic heterocycles. The number of ether oxygens (including phenoxy) is 2. The Kier molecular flexibility index (Phi) is 10.5. The lowest BCUT2D eigenvalue weighted by molar-refractivity contribution is 0.148. The van der Waals surface area contributed by atoms with E-state index in [4.69, 9.17) is 9.47 Å². The number of carbonyl (C=O) groups is 2. The Morgan fingerprint density at radius 1 is 0.950 bits per heavy atom. The summed E-state index contributed by atoms with van der Waals surface area (Å²) in [6.07, 6.45) is 1.15. The Labute approximate surface area is 121 Å². The van der Waals surface area contributed by atoms with Crippen molar-refractivity contribution < 1.29 is 19.1 Å². The Balaban J connectivity index is 3.66. The molecule has 0 aromatic carbocycles. The van der Waals surface area contributed by atoms with Gasteiger partial charge in [-0.25, -0.2) is 9.59 Å². The third kappa shape index (κ3) is 10.5. The lowest BCUT2D eigenvalue weighted by Gasteiger charge is -2.17. The van der Waals surface area contributed by atoms with Gasteiger partial charge in [-0.2, -0.15) is 0 Å². The average Bonchev–Trinajstić information content (AvgIpc) is 2.37. The first kappa shape index (κ1) is 18.5. The van der Waals surface area contributed by atoms with Gasteiger partial charge in [-0.15, -0.1) is 0 Å². The van der Waals surface area contributed by atoms with Crippen LogP contribution in [0.3, 0.4) is 0 Å². The predicted molar refractivity (Wildman–Crippen MR) is 77.6 cm³/mol. The molecule has 2 unspecified atom stereocenters. The van der Waals surface area contributed by atoms with Gasteiger partial charge in [0.15, 0.2) is 0 Å². The molecule has 0 saturated heterocycles. The normalized spacial score (nSPS) is 13.2. The Bertz CT molecular complexity index is 284. The summed E-state index contributed by atoms with van der Waals surface area (Å²) in [6.45, 7) is 9.76. The Hall–Kier alpha value is -1.46. The standard InChI is InChI=1S/C14H28N2O4/c1-5-19-13(17)15-8-7-11(3)9-12(4)10-16-14(18)20-6-2/h11-12H,5-10H2,1-4H3,(H,15,17)(H,16,18). The van der Waals surface area contributed by atoms with Gasteiger partial charge in [-0.1, -0.05) is 13.8 Å². The molecule has 6 heteroatoms. The fraction of sp³-hybridized carbons (Fsp3) is 0.857. The molecule has 0 fully saturated rings. The molecule has 0 rings (SSSR count). The van der Waals surface area contributed by atoms with Crippen molar-refractivity contribution in [1.82, 2.24) is 10.6 Å². The molecule has 0 heterocycles. The summed E-state index contributed by atoms with van der Waals surface area (Å²) in [5.41, 5.74) is 0. The molecule has 0 radical (unpaired) electrons. The second kappa shape index (κ2) is 11.4. The molecule has 20 heavy (non-hydrogen) atoms. The zero-order valence-electron chi connectivity index (χ0n) is 13.0. The van der Waals surface area contributed by atoms with Crippen LogP contribution >= 0.6 is 0 Å². The highest BCUT2D eigenvalue weighted by atomic mass is 16.5. The van der Waals surface area contributed by atoms with Crippen molar-refractivity contribution in [1.29, 1.82) is 0 Å². The third-order valence-electron chi connectivity index (χ3n) is 2.86. The predicted octanol–water partition coefficient (Wildman–Crippen LogP) is 2.53. The summed E-state index contributed by atoms with van der Waals surface area (Å²) < 4.78 is 9.58. The molecule has 0 aliphatic rings. The molecule has 0 aromatic rings. The van der Waals surface area contributed by atoms with Gasteiger partial charge in [0, 0.05) is 13.1 Å². The molecule has 0 saturated carbocycles. The van der Waals surface area contributed by atoms with Crippen molar-refractivity contribution in [3.63, 3.8) is 0 Å². The number of rotatable bonds is 9. The molecule has 0 aliphatic carbocycles. The van der Waals surface area contributed by atoms with E-state index < -0.39 is 0 Å². The molecular formula is C14H28N2O4. The number of amides is 2. The van der Waals surface area contributed by atoms with Crippen LogP contribution in [0, 0.1) is 11.8 Å². The molecule has 2 amide bonds. The maximum absolute atomic E-state index is 11.1. The summed E-state index contributed by atoms with van der Waals surface area (Å²) >= 11 is 0. The van der Waals surface area contributed by atoms with Crippen LogP contribution in [-0.2, 0) is 9.47 Å². The van der Waals surface area contributed by atoms with Crippen molar-refractivity contribution in [2.45, 2.75) is 40.5 Å². The van der Waals surface area contributed by atoms with Crippen molar-refractivity contribution in [2.24, 2.45) is 11.8 Å². The summed E-state index contributed by atoms with van der Waals surface area (Å²) in [5.74, 6) is 0.841. The lowest BCUT2D eigenvalue weighted by Crippen LogP contribution is -2.30. The van der Waals surface area contributed by atoms with E-state index in [0.29, 0.717) is 38.1 Å².